The molecule has 3 heteroatoms. The minimum Gasteiger partial charge on any atom is -0.504 e. The van der Waals surface area contributed by atoms with Gasteiger partial charge >= 0.3 is 0 Å². The number of phenolic OH excluding ortho intramolecular Hbond substituents is 1. The van der Waals surface area contributed by atoms with Crippen LogP contribution < -0.4 is 4.74 Å². The van der Waals surface area contributed by atoms with Gasteiger partial charge in [-0.1, -0.05) is 12.1 Å². The van der Waals surface area contributed by atoms with Crippen molar-refractivity contribution in [1.29, 1.82) is 0 Å². The number of ether oxygens (including phenoxy) is 1. The Kier molecular flexibility index (Phi) is 3.09. The van der Waals surface area contributed by atoms with Gasteiger partial charge in [-0.15, -0.1) is 0 Å². The van der Waals surface area contributed by atoms with Crippen molar-refractivity contribution in [3.8, 4) is 11.5 Å². The highest BCUT2D eigenvalue weighted by molar-refractivity contribution is 7.80. The fourth-order valence-corrected chi connectivity index (χ4v) is 0.938. The summed E-state index contributed by atoms with van der Waals surface area (Å²) in [6, 6.07) is 6.92. The molecular weight excluding hydrogens is 184 g/mol. The van der Waals surface area contributed by atoms with E-state index in [4.69, 9.17) is 4.74 Å². The van der Waals surface area contributed by atoms with E-state index in [0.29, 0.717) is 11.5 Å². The standard InChI is InChI=1S/C10H14O2S/c1-10(2,7-13)12-9-6-4-3-5-8(9)11/h3-6,11,13H,7H2,1-2H3. The van der Waals surface area contributed by atoms with E-state index < -0.39 is 0 Å². The zero-order chi connectivity index (χ0) is 9.90. The average molecular weight is 198 g/mol. The highest BCUT2D eigenvalue weighted by Gasteiger charge is 2.18. The van der Waals surface area contributed by atoms with Gasteiger partial charge in [0.15, 0.2) is 11.5 Å². The first kappa shape index (κ1) is 10.3. The van der Waals surface area contributed by atoms with Gasteiger partial charge in [-0.25, -0.2) is 0 Å². The highest BCUT2D eigenvalue weighted by atomic mass is 32.1. The van der Waals surface area contributed by atoms with Gasteiger partial charge in [0.1, 0.15) is 5.60 Å². The summed E-state index contributed by atoms with van der Waals surface area (Å²) >= 11 is 4.16. The third-order valence-electron chi connectivity index (χ3n) is 1.63. The fourth-order valence-electron chi connectivity index (χ4n) is 0.873. The van der Waals surface area contributed by atoms with Crippen molar-refractivity contribution in [1.82, 2.24) is 0 Å². The van der Waals surface area contributed by atoms with E-state index in [2.05, 4.69) is 12.6 Å². The maximum Gasteiger partial charge on any atom is 0.161 e. The van der Waals surface area contributed by atoms with Gasteiger partial charge in [0.2, 0.25) is 0 Å². The first-order valence-electron chi connectivity index (χ1n) is 4.13. The number of aromatic hydroxyl groups is 1. The Morgan fingerprint density at radius 2 is 2.00 bits per heavy atom. The second kappa shape index (κ2) is 3.92. The quantitative estimate of drug-likeness (QED) is 0.731. The summed E-state index contributed by atoms with van der Waals surface area (Å²) in [6.45, 7) is 3.85. The van der Waals surface area contributed by atoms with Gasteiger partial charge in [-0.05, 0) is 26.0 Å². The molecule has 1 aromatic rings. The SMILES string of the molecule is CC(C)(CS)Oc1ccccc1O. The number of benzene rings is 1. The van der Waals surface area contributed by atoms with Crippen LogP contribution in [0.3, 0.4) is 0 Å². The smallest absolute Gasteiger partial charge is 0.161 e. The van der Waals surface area contributed by atoms with E-state index >= 15 is 0 Å². The van der Waals surface area contributed by atoms with Crippen LogP contribution in [0.2, 0.25) is 0 Å². The van der Waals surface area contributed by atoms with Gasteiger partial charge < -0.3 is 9.84 Å². The fraction of sp³-hybridized carbons (Fsp3) is 0.400. The Balaban J connectivity index is 2.80. The van der Waals surface area contributed by atoms with Crippen LogP contribution in [0.5, 0.6) is 11.5 Å². The Labute approximate surface area is 84.0 Å². The number of rotatable bonds is 3. The molecule has 0 bridgehead atoms. The number of thiol groups is 1. The van der Waals surface area contributed by atoms with Crippen LogP contribution in [0.25, 0.3) is 0 Å². The lowest BCUT2D eigenvalue weighted by Gasteiger charge is -2.24. The lowest BCUT2D eigenvalue weighted by atomic mass is 10.2. The largest absolute Gasteiger partial charge is 0.504 e. The van der Waals surface area contributed by atoms with Crippen LogP contribution in [-0.4, -0.2) is 16.5 Å². The molecule has 0 unspecified atom stereocenters. The van der Waals surface area contributed by atoms with Crippen LogP contribution in [0, 0.1) is 0 Å². The first-order chi connectivity index (χ1) is 6.05. The van der Waals surface area contributed by atoms with Gasteiger partial charge in [0.05, 0.1) is 0 Å². The number of hydrogen-bond acceptors (Lipinski definition) is 3. The van der Waals surface area contributed by atoms with Crippen molar-refractivity contribution in [2.24, 2.45) is 0 Å². The molecule has 0 fully saturated rings. The van der Waals surface area contributed by atoms with Crippen LogP contribution >= 0.6 is 12.6 Å². The highest BCUT2D eigenvalue weighted by Crippen LogP contribution is 2.28. The lowest BCUT2D eigenvalue weighted by Crippen LogP contribution is -2.30. The van der Waals surface area contributed by atoms with Crippen molar-refractivity contribution < 1.29 is 9.84 Å². The summed E-state index contributed by atoms with van der Waals surface area (Å²) in [6.07, 6.45) is 0. The minimum atomic E-state index is -0.359. The molecule has 0 saturated heterocycles. The molecule has 13 heavy (non-hydrogen) atoms. The Bertz CT molecular complexity index is 284. The van der Waals surface area contributed by atoms with E-state index in [1.54, 1.807) is 18.2 Å². The van der Waals surface area contributed by atoms with Crippen molar-refractivity contribution in [2.45, 2.75) is 19.4 Å². The van der Waals surface area contributed by atoms with Crippen LogP contribution in [0.15, 0.2) is 24.3 Å². The molecule has 0 saturated carbocycles. The zero-order valence-corrected chi connectivity index (χ0v) is 8.71. The maximum absolute atomic E-state index is 9.42. The molecule has 0 amide bonds. The summed E-state index contributed by atoms with van der Waals surface area (Å²) in [5.41, 5.74) is -0.359. The molecule has 1 aromatic carbocycles. The first-order valence-corrected chi connectivity index (χ1v) is 4.76. The number of phenols is 1. The van der Waals surface area contributed by atoms with Crippen molar-refractivity contribution >= 4 is 12.6 Å². The molecule has 1 rings (SSSR count). The third kappa shape index (κ3) is 2.84. The van der Waals surface area contributed by atoms with Crippen molar-refractivity contribution in [2.75, 3.05) is 5.75 Å². The third-order valence-corrected chi connectivity index (χ3v) is 2.39. The van der Waals surface area contributed by atoms with Gasteiger partial charge in [0, 0.05) is 5.75 Å². The van der Waals surface area contributed by atoms with Crippen LogP contribution in [0.4, 0.5) is 0 Å². The normalized spacial score (nSPS) is 11.3. The number of hydrogen-bond donors (Lipinski definition) is 2. The monoisotopic (exact) mass is 198 g/mol. The van der Waals surface area contributed by atoms with Crippen LogP contribution in [0.1, 0.15) is 13.8 Å². The second-order valence-corrected chi connectivity index (χ2v) is 3.80. The second-order valence-electron chi connectivity index (χ2n) is 3.49. The summed E-state index contributed by atoms with van der Waals surface area (Å²) in [5.74, 6) is 1.26. The van der Waals surface area contributed by atoms with Crippen LogP contribution in [-0.2, 0) is 0 Å². The molecule has 0 aliphatic rings. The van der Waals surface area contributed by atoms with Crippen molar-refractivity contribution in [3.05, 3.63) is 24.3 Å². The molecule has 0 heterocycles. The van der Waals surface area contributed by atoms with Gasteiger partial charge in [-0.2, -0.15) is 12.6 Å². The molecule has 0 aliphatic carbocycles. The van der Waals surface area contributed by atoms with E-state index in [0.717, 1.165) is 0 Å². The maximum atomic E-state index is 9.42. The summed E-state index contributed by atoms with van der Waals surface area (Å²) in [4.78, 5) is 0. The minimum absolute atomic E-state index is 0.164. The molecule has 0 radical (unpaired) electrons. The molecule has 1 N–H and O–H groups in total. The van der Waals surface area contributed by atoms with Gasteiger partial charge in [-0.3, -0.25) is 0 Å². The molecule has 2 nitrogen and oxygen atoms in total. The molecule has 0 atom stereocenters. The molecular formula is C10H14O2S. The van der Waals surface area contributed by atoms with Crippen molar-refractivity contribution in [3.63, 3.8) is 0 Å². The van der Waals surface area contributed by atoms with Gasteiger partial charge in [0.25, 0.3) is 0 Å². The summed E-state index contributed by atoms with van der Waals surface area (Å²) in [7, 11) is 0. The number of para-hydroxylation sites is 2. The Morgan fingerprint density at radius 3 is 2.54 bits per heavy atom. The predicted octanol–water partition coefficient (Wildman–Crippen LogP) is 2.48. The van der Waals surface area contributed by atoms with E-state index in [-0.39, 0.29) is 11.4 Å². The average Bonchev–Trinajstić information content (AvgIpc) is 2.09. The summed E-state index contributed by atoms with van der Waals surface area (Å²) < 4.78 is 5.56. The molecule has 0 aromatic heterocycles. The zero-order valence-electron chi connectivity index (χ0n) is 7.82. The topological polar surface area (TPSA) is 29.5 Å². The Morgan fingerprint density at radius 1 is 1.38 bits per heavy atom. The molecule has 72 valence electrons. The molecule has 0 aliphatic heterocycles. The van der Waals surface area contributed by atoms with E-state index in [1.807, 2.05) is 19.9 Å². The van der Waals surface area contributed by atoms with E-state index in [9.17, 15) is 5.11 Å². The molecule has 0 spiro atoms. The lowest BCUT2D eigenvalue weighted by molar-refractivity contribution is 0.131. The predicted molar refractivity (Wildman–Crippen MR) is 56.7 cm³/mol. The van der Waals surface area contributed by atoms with E-state index in [1.165, 1.54) is 0 Å². The summed E-state index contributed by atoms with van der Waals surface area (Å²) in [5, 5.41) is 9.42. The Hall–Kier alpha value is -0.830.